The van der Waals surface area contributed by atoms with E-state index in [1.807, 2.05) is 30.3 Å². The molecular formula is C21H20F3N5O2S. The van der Waals surface area contributed by atoms with Crippen molar-refractivity contribution in [2.45, 2.75) is 18.2 Å². The van der Waals surface area contributed by atoms with Crippen LogP contribution in [0.4, 0.5) is 19.0 Å². The first-order valence-corrected chi connectivity index (χ1v) is 10.4. The highest BCUT2D eigenvalue weighted by atomic mass is 32.1. The van der Waals surface area contributed by atoms with Gasteiger partial charge in [-0.15, -0.1) is 11.3 Å². The topological polar surface area (TPSA) is 85.1 Å². The van der Waals surface area contributed by atoms with Gasteiger partial charge < -0.3 is 19.7 Å². The molecule has 0 aliphatic heterocycles. The van der Waals surface area contributed by atoms with Gasteiger partial charge >= 0.3 is 6.18 Å². The number of anilines is 1. The van der Waals surface area contributed by atoms with Gasteiger partial charge in [-0.1, -0.05) is 0 Å². The number of aromatic nitrogens is 4. The number of nitrogens with one attached hydrogen (secondary N) is 1. The number of imidazole rings is 1. The average molecular weight is 463 g/mol. The second-order valence-corrected chi connectivity index (χ2v) is 8.22. The van der Waals surface area contributed by atoms with Gasteiger partial charge in [0.2, 0.25) is 5.60 Å². The van der Waals surface area contributed by atoms with E-state index in [0.29, 0.717) is 16.0 Å². The molecule has 0 saturated heterocycles. The molecule has 0 spiro atoms. The molecule has 3 aromatic heterocycles. The lowest BCUT2D eigenvalue weighted by Crippen LogP contribution is -2.45. The Labute approximate surface area is 185 Å². The monoisotopic (exact) mass is 463 g/mol. The first-order valence-electron chi connectivity index (χ1n) is 9.62. The zero-order valence-corrected chi connectivity index (χ0v) is 18.0. The zero-order chi connectivity index (χ0) is 22.9. The molecule has 0 fully saturated rings. The maximum Gasteiger partial charge on any atom is 0.424 e. The van der Waals surface area contributed by atoms with Crippen LogP contribution in [0.2, 0.25) is 0 Å². The number of aryl methyl sites for hydroxylation is 1. The summed E-state index contributed by atoms with van der Waals surface area (Å²) in [6.45, 7) is -0.176. The third-order valence-electron chi connectivity index (χ3n) is 5.13. The van der Waals surface area contributed by atoms with E-state index in [9.17, 15) is 18.3 Å². The van der Waals surface area contributed by atoms with Crippen LogP contribution in [0.25, 0.3) is 20.7 Å². The number of ether oxygens (including phenoxy) is 1. The van der Waals surface area contributed by atoms with E-state index < -0.39 is 24.0 Å². The van der Waals surface area contributed by atoms with Crippen molar-refractivity contribution in [2.24, 2.45) is 7.05 Å². The van der Waals surface area contributed by atoms with Crippen LogP contribution in [0.5, 0.6) is 5.75 Å². The molecule has 1 atom stereocenters. The summed E-state index contributed by atoms with van der Waals surface area (Å²) >= 11 is 1.42. The number of hydrogen-bond acceptors (Lipinski definition) is 7. The summed E-state index contributed by atoms with van der Waals surface area (Å²) in [5.74, 6) is 0.684. The van der Waals surface area contributed by atoms with Gasteiger partial charge in [0.1, 0.15) is 23.7 Å². The summed E-state index contributed by atoms with van der Waals surface area (Å²) in [5, 5.41) is 13.4. The van der Waals surface area contributed by atoms with Crippen molar-refractivity contribution in [1.82, 2.24) is 19.5 Å². The van der Waals surface area contributed by atoms with E-state index in [-0.39, 0.29) is 6.54 Å². The molecule has 0 aliphatic carbocycles. The van der Waals surface area contributed by atoms with Gasteiger partial charge in [-0.2, -0.15) is 13.2 Å². The van der Waals surface area contributed by atoms with Gasteiger partial charge in [-0.05, 0) is 35.9 Å². The summed E-state index contributed by atoms with van der Waals surface area (Å²) in [6, 6.07) is 9.43. The number of methoxy groups -OCH3 is 1. The molecular weight excluding hydrogens is 443 g/mol. The van der Waals surface area contributed by atoms with Crippen LogP contribution in [0.15, 0.2) is 49.1 Å². The molecule has 0 aliphatic rings. The molecule has 4 aromatic rings. The number of fused-ring (bicyclic) bond motifs is 1. The standard InChI is InChI=1S/C21H20F3N5O2S/c1-29-10-9-26-19(29)20(30,21(22,23)24)7-8-25-18-17-15(27-12-28-18)11-16(32-17)13-3-5-14(31-2)6-4-13/h3-6,9-12,30H,7-8H2,1-2H3,(H,25,27,28)/t20-/m0/s1. The van der Waals surface area contributed by atoms with E-state index in [2.05, 4.69) is 20.3 Å². The van der Waals surface area contributed by atoms with E-state index in [0.717, 1.165) is 20.8 Å². The highest BCUT2D eigenvalue weighted by molar-refractivity contribution is 7.22. The van der Waals surface area contributed by atoms with Gasteiger partial charge in [-0.25, -0.2) is 15.0 Å². The number of hydrogen-bond donors (Lipinski definition) is 2. The molecule has 2 N–H and O–H groups in total. The molecule has 3 heterocycles. The fraction of sp³-hybridized carbons (Fsp3) is 0.286. The molecule has 32 heavy (non-hydrogen) atoms. The lowest BCUT2D eigenvalue weighted by Gasteiger charge is -2.30. The Bertz CT molecular complexity index is 1220. The van der Waals surface area contributed by atoms with Gasteiger partial charge in [0.25, 0.3) is 0 Å². The van der Waals surface area contributed by atoms with Crippen molar-refractivity contribution in [2.75, 3.05) is 19.0 Å². The van der Waals surface area contributed by atoms with Crippen molar-refractivity contribution < 1.29 is 23.0 Å². The molecule has 11 heteroatoms. The van der Waals surface area contributed by atoms with Crippen LogP contribution in [-0.2, 0) is 12.6 Å². The number of nitrogens with zero attached hydrogens (tertiary/aromatic N) is 4. The predicted octanol–water partition coefficient (Wildman–Crippen LogP) is 4.35. The second-order valence-electron chi connectivity index (χ2n) is 7.17. The lowest BCUT2D eigenvalue weighted by molar-refractivity contribution is -0.271. The summed E-state index contributed by atoms with van der Waals surface area (Å²) in [7, 11) is 3.00. The Morgan fingerprint density at radius 1 is 1.16 bits per heavy atom. The first kappa shape index (κ1) is 22.0. The molecule has 0 unspecified atom stereocenters. The highest BCUT2D eigenvalue weighted by Crippen LogP contribution is 2.41. The molecule has 7 nitrogen and oxygen atoms in total. The van der Waals surface area contributed by atoms with Crippen LogP contribution in [0.1, 0.15) is 12.2 Å². The summed E-state index contributed by atoms with van der Waals surface area (Å²) < 4.78 is 48.2. The predicted molar refractivity (Wildman–Crippen MR) is 116 cm³/mol. The maximum atomic E-state index is 13.7. The number of alkyl halides is 3. The van der Waals surface area contributed by atoms with Crippen LogP contribution < -0.4 is 10.1 Å². The van der Waals surface area contributed by atoms with Crippen molar-refractivity contribution in [3.05, 3.63) is 54.9 Å². The zero-order valence-electron chi connectivity index (χ0n) is 17.2. The Kier molecular flexibility index (Phi) is 5.78. The van der Waals surface area contributed by atoms with Crippen molar-refractivity contribution in [3.63, 3.8) is 0 Å². The fourth-order valence-electron chi connectivity index (χ4n) is 3.38. The molecule has 0 bridgehead atoms. The molecule has 0 amide bonds. The first-order chi connectivity index (χ1) is 15.2. The van der Waals surface area contributed by atoms with Crippen molar-refractivity contribution >= 4 is 27.4 Å². The molecule has 0 saturated carbocycles. The second kappa shape index (κ2) is 8.40. The van der Waals surface area contributed by atoms with E-state index in [1.54, 1.807) is 7.11 Å². The minimum Gasteiger partial charge on any atom is -0.497 e. The van der Waals surface area contributed by atoms with Gasteiger partial charge in [0, 0.05) is 37.3 Å². The highest BCUT2D eigenvalue weighted by Gasteiger charge is 2.57. The SMILES string of the molecule is COc1ccc(-c2cc3ncnc(NCC[C@](O)(c4nccn4C)C(F)(F)F)c3s2)cc1. The summed E-state index contributed by atoms with van der Waals surface area (Å²) in [6.07, 6.45) is -1.59. The van der Waals surface area contributed by atoms with E-state index >= 15 is 0 Å². The normalized spacial score (nSPS) is 13.8. The summed E-state index contributed by atoms with van der Waals surface area (Å²) in [4.78, 5) is 13.1. The number of benzene rings is 1. The Balaban J connectivity index is 1.56. The Morgan fingerprint density at radius 2 is 1.91 bits per heavy atom. The van der Waals surface area contributed by atoms with Crippen LogP contribution in [0, 0.1) is 0 Å². The maximum absolute atomic E-state index is 13.7. The molecule has 4 rings (SSSR count). The number of thiophene rings is 1. The number of rotatable bonds is 7. The van der Waals surface area contributed by atoms with E-state index in [1.165, 1.54) is 37.1 Å². The molecule has 1 aromatic carbocycles. The largest absolute Gasteiger partial charge is 0.497 e. The van der Waals surface area contributed by atoms with Crippen LogP contribution >= 0.6 is 11.3 Å². The number of halogens is 3. The quantitative estimate of drug-likeness (QED) is 0.424. The third kappa shape index (κ3) is 4.00. The van der Waals surface area contributed by atoms with E-state index in [4.69, 9.17) is 4.74 Å². The lowest BCUT2D eigenvalue weighted by atomic mass is 9.97. The van der Waals surface area contributed by atoms with Crippen molar-refractivity contribution in [3.8, 4) is 16.2 Å². The molecule has 168 valence electrons. The van der Waals surface area contributed by atoms with Gasteiger partial charge in [0.05, 0.1) is 17.3 Å². The average Bonchev–Trinajstić information content (AvgIpc) is 3.40. The Morgan fingerprint density at radius 3 is 2.53 bits per heavy atom. The van der Waals surface area contributed by atoms with Gasteiger partial charge in [0.15, 0.2) is 0 Å². The number of aliphatic hydroxyl groups is 1. The van der Waals surface area contributed by atoms with Crippen molar-refractivity contribution in [1.29, 1.82) is 0 Å². The minimum atomic E-state index is -4.89. The fourth-order valence-corrected chi connectivity index (χ4v) is 4.47. The third-order valence-corrected chi connectivity index (χ3v) is 6.31. The van der Waals surface area contributed by atoms with Gasteiger partial charge in [-0.3, -0.25) is 0 Å². The smallest absolute Gasteiger partial charge is 0.424 e. The van der Waals surface area contributed by atoms with Crippen LogP contribution in [0.3, 0.4) is 0 Å². The minimum absolute atomic E-state index is 0.176. The van der Waals surface area contributed by atoms with Crippen LogP contribution in [-0.4, -0.2) is 44.5 Å². The Hall–Kier alpha value is -3.18. The molecule has 0 radical (unpaired) electrons. The summed E-state index contributed by atoms with van der Waals surface area (Å²) in [5.41, 5.74) is -1.46.